The Balaban J connectivity index is 2.53. The zero-order valence-corrected chi connectivity index (χ0v) is 11.2. The summed E-state index contributed by atoms with van der Waals surface area (Å²) in [5.41, 5.74) is 5.42. The molecule has 16 heavy (non-hydrogen) atoms. The number of benzene rings is 1. The van der Waals surface area contributed by atoms with Crippen molar-refractivity contribution in [2.45, 2.75) is 26.6 Å². The molecule has 0 saturated heterocycles. The predicted molar refractivity (Wildman–Crippen MR) is 71.2 cm³/mol. The monoisotopic (exact) mass is 228 g/mol. The van der Waals surface area contributed by atoms with Crippen LogP contribution in [0, 0.1) is 18.4 Å². The topological polar surface area (TPSA) is 13.1 Å². The maximum absolute atomic E-state index is 5.74. The second-order valence-electron chi connectivity index (χ2n) is 5.05. The summed E-state index contributed by atoms with van der Waals surface area (Å²) in [6.07, 6.45) is 0. The lowest BCUT2D eigenvalue weighted by molar-refractivity contribution is 0.598. The molecule has 0 aliphatic carbocycles. The Morgan fingerprint density at radius 1 is 1.12 bits per heavy atom. The van der Waals surface area contributed by atoms with Crippen molar-refractivity contribution in [3.8, 4) is 11.5 Å². The molecule has 1 aromatic carbocycles. The molecule has 0 aliphatic heterocycles. The minimum absolute atomic E-state index is 0.823. The van der Waals surface area contributed by atoms with Crippen LogP contribution in [-0.4, -0.2) is 8.07 Å². The van der Waals surface area contributed by atoms with E-state index in [4.69, 9.17) is 4.42 Å². The average Bonchev–Trinajstić information content (AvgIpc) is 2.53. The molecular weight excluding hydrogens is 212 g/mol. The fourth-order valence-electron chi connectivity index (χ4n) is 1.54. The number of hydrogen-bond acceptors (Lipinski definition) is 1. The van der Waals surface area contributed by atoms with Gasteiger partial charge in [0.1, 0.15) is 13.7 Å². The van der Waals surface area contributed by atoms with Crippen molar-refractivity contribution in [3.05, 3.63) is 35.6 Å². The van der Waals surface area contributed by atoms with E-state index in [1.54, 1.807) is 0 Å². The molecule has 1 heterocycles. The van der Waals surface area contributed by atoms with Gasteiger partial charge in [-0.3, -0.25) is 0 Å². The second-order valence-corrected chi connectivity index (χ2v) is 9.80. The number of hydrogen-bond donors (Lipinski definition) is 0. The highest BCUT2D eigenvalue weighted by atomic mass is 28.3. The van der Waals surface area contributed by atoms with Crippen LogP contribution in [0.2, 0.25) is 19.6 Å². The van der Waals surface area contributed by atoms with E-state index in [-0.39, 0.29) is 0 Å². The number of rotatable bonds is 0. The van der Waals surface area contributed by atoms with Crippen LogP contribution < -0.4 is 0 Å². The number of furan rings is 1. The molecule has 2 heteroatoms. The highest BCUT2D eigenvalue weighted by molar-refractivity contribution is 6.83. The lowest BCUT2D eigenvalue weighted by Gasteiger charge is -2.02. The quantitative estimate of drug-likeness (QED) is 0.491. The van der Waals surface area contributed by atoms with Gasteiger partial charge < -0.3 is 4.42 Å². The number of para-hydroxylation sites is 1. The van der Waals surface area contributed by atoms with Crippen molar-refractivity contribution >= 4 is 19.0 Å². The summed E-state index contributed by atoms with van der Waals surface area (Å²) in [7, 11) is -1.33. The van der Waals surface area contributed by atoms with E-state index in [2.05, 4.69) is 44.1 Å². The van der Waals surface area contributed by atoms with Gasteiger partial charge >= 0.3 is 0 Å². The first kappa shape index (κ1) is 11.0. The van der Waals surface area contributed by atoms with Crippen LogP contribution in [0.1, 0.15) is 11.3 Å². The van der Waals surface area contributed by atoms with Gasteiger partial charge in [0.25, 0.3) is 0 Å². The average molecular weight is 228 g/mol. The maximum Gasteiger partial charge on any atom is 0.180 e. The van der Waals surface area contributed by atoms with Gasteiger partial charge in [-0.25, -0.2) is 0 Å². The summed E-state index contributed by atoms with van der Waals surface area (Å²) >= 11 is 0. The molecule has 0 radical (unpaired) electrons. The molecule has 0 unspecified atom stereocenters. The van der Waals surface area contributed by atoms with Crippen LogP contribution in [0.15, 0.2) is 28.7 Å². The van der Waals surface area contributed by atoms with Crippen molar-refractivity contribution in [2.24, 2.45) is 0 Å². The van der Waals surface area contributed by atoms with Crippen molar-refractivity contribution < 1.29 is 4.42 Å². The third kappa shape index (κ3) is 2.20. The van der Waals surface area contributed by atoms with E-state index in [1.165, 1.54) is 5.39 Å². The molecule has 0 aliphatic rings. The van der Waals surface area contributed by atoms with Gasteiger partial charge in [-0.1, -0.05) is 37.8 Å². The third-order valence-electron chi connectivity index (χ3n) is 2.39. The first-order valence-electron chi connectivity index (χ1n) is 5.49. The van der Waals surface area contributed by atoms with Crippen LogP contribution in [0.4, 0.5) is 0 Å². The smallest absolute Gasteiger partial charge is 0.180 e. The van der Waals surface area contributed by atoms with Crippen molar-refractivity contribution in [1.29, 1.82) is 0 Å². The molecule has 2 aromatic rings. The van der Waals surface area contributed by atoms with Gasteiger partial charge in [-0.05, 0) is 18.9 Å². The fourth-order valence-corrected chi connectivity index (χ4v) is 2.03. The van der Waals surface area contributed by atoms with Crippen molar-refractivity contribution in [2.75, 3.05) is 0 Å². The Bertz CT molecular complexity index is 576. The van der Waals surface area contributed by atoms with E-state index in [1.807, 2.05) is 18.2 Å². The minimum Gasteiger partial charge on any atom is -0.447 e. The summed E-state index contributed by atoms with van der Waals surface area (Å²) in [4.78, 5) is 0. The number of fused-ring (bicyclic) bond motifs is 1. The van der Waals surface area contributed by atoms with Gasteiger partial charge in [0.2, 0.25) is 0 Å². The Labute approximate surface area is 97.5 Å². The molecule has 82 valence electrons. The van der Waals surface area contributed by atoms with Crippen LogP contribution in [-0.2, 0) is 0 Å². The molecule has 0 spiro atoms. The molecule has 0 amide bonds. The Hall–Kier alpha value is -1.46. The highest BCUT2D eigenvalue weighted by Gasteiger charge is 2.10. The fraction of sp³-hybridized carbons (Fsp3) is 0.286. The van der Waals surface area contributed by atoms with Gasteiger partial charge in [0.15, 0.2) is 5.76 Å². The molecule has 2 rings (SSSR count). The largest absolute Gasteiger partial charge is 0.447 e. The minimum atomic E-state index is -1.33. The van der Waals surface area contributed by atoms with E-state index < -0.39 is 8.07 Å². The third-order valence-corrected chi connectivity index (χ3v) is 3.27. The van der Waals surface area contributed by atoms with E-state index in [9.17, 15) is 0 Å². The predicted octanol–water partition coefficient (Wildman–Crippen LogP) is 3.97. The van der Waals surface area contributed by atoms with Gasteiger partial charge in [0, 0.05) is 10.9 Å². The van der Waals surface area contributed by atoms with Crippen LogP contribution in [0.3, 0.4) is 0 Å². The summed E-state index contributed by atoms with van der Waals surface area (Å²) in [6.45, 7) is 8.77. The highest BCUT2D eigenvalue weighted by Crippen LogP contribution is 2.24. The summed E-state index contributed by atoms with van der Waals surface area (Å²) in [6, 6.07) is 8.08. The summed E-state index contributed by atoms with van der Waals surface area (Å²) in [5.74, 6) is 4.01. The molecule has 0 fully saturated rings. The molecule has 1 aromatic heterocycles. The lowest BCUT2D eigenvalue weighted by atomic mass is 10.1. The van der Waals surface area contributed by atoms with E-state index >= 15 is 0 Å². The summed E-state index contributed by atoms with van der Waals surface area (Å²) < 4.78 is 5.74. The first-order chi connectivity index (χ1) is 7.47. The van der Waals surface area contributed by atoms with E-state index in [0.29, 0.717) is 0 Å². The van der Waals surface area contributed by atoms with E-state index in [0.717, 1.165) is 16.9 Å². The molecule has 0 N–H and O–H groups in total. The lowest BCUT2D eigenvalue weighted by Crippen LogP contribution is -2.16. The molecule has 1 nitrogen and oxygen atoms in total. The van der Waals surface area contributed by atoms with Crippen LogP contribution >= 0.6 is 0 Å². The maximum atomic E-state index is 5.74. The molecule has 0 bridgehead atoms. The zero-order valence-electron chi connectivity index (χ0n) is 10.2. The van der Waals surface area contributed by atoms with Crippen molar-refractivity contribution in [3.63, 3.8) is 0 Å². The Kier molecular flexibility index (Phi) is 2.65. The Morgan fingerprint density at radius 2 is 1.81 bits per heavy atom. The van der Waals surface area contributed by atoms with Crippen LogP contribution in [0.5, 0.6) is 0 Å². The summed E-state index contributed by atoms with van der Waals surface area (Å²) in [5, 5.41) is 1.17. The Morgan fingerprint density at radius 3 is 2.44 bits per heavy atom. The second kappa shape index (κ2) is 3.84. The SMILES string of the molecule is Cc1c(C#C[Si](C)(C)C)oc2ccccc12. The first-order valence-corrected chi connectivity index (χ1v) is 8.99. The van der Waals surface area contributed by atoms with Crippen molar-refractivity contribution in [1.82, 2.24) is 0 Å². The molecule has 0 atom stereocenters. The standard InChI is InChI=1S/C14H16OSi/c1-11-12-7-5-6-8-14(12)15-13(11)9-10-16(2,3)4/h5-8H,1-4H3. The number of aryl methyl sites for hydroxylation is 1. The zero-order chi connectivity index (χ0) is 11.8. The molecular formula is C14H16OSi. The molecule has 0 saturated carbocycles. The van der Waals surface area contributed by atoms with Gasteiger partial charge in [0.05, 0.1) is 0 Å². The van der Waals surface area contributed by atoms with Gasteiger partial charge in [-0.2, -0.15) is 0 Å². The van der Waals surface area contributed by atoms with Gasteiger partial charge in [-0.15, -0.1) is 5.54 Å². The normalized spacial score (nSPS) is 11.2. The van der Waals surface area contributed by atoms with Crippen LogP contribution in [0.25, 0.3) is 11.0 Å².